The highest BCUT2D eigenvalue weighted by molar-refractivity contribution is 7.71. The molecular weight excluding hydrogens is 386 g/mol. The van der Waals surface area contributed by atoms with Gasteiger partial charge in [-0.25, -0.2) is 0 Å². The predicted molar refractivity (Wildman–Crippen MR) is 108 cm³/mol. The number of halogens is 1. The van der Waals surface area contributed by atoms with Gasteiger partial charge in [0.2, 0.25) is 11.8 Å². The van der Waals surface area contributed by atoms with Gasteiger partial charge in [-0.3, -0.25) is 19.3 Å². The molecular formula is C18H24ClN5O2S. The Hall–Kier alpha value is -2.19. The van der Waals surface area contributed by atoms with Crippen LogP contribution in [0.5, 0.6) is 0 Å². The fraction of sp³-hybridized carbons (Fsp3) is 0.444. The van der Waals surface area contributed by atoms with E-state index in [0.717, 1.165) is 5.56 Å². The molecule has 0 bridgehead atoms. The lowest BCUT2D eigenvalue weighted by Gasteiger charge is -2.25. The molecule has 0 saturated heterocycles. The topological polar surface area (TPSA) is 83.0 Å². The molecule has 0 aliphatic rings. The van der Waals surface area contributed by atoms with Crippen LogP contribution in [0.4, 0.5) is 0 Å². The highest BCUT2D eigenvalue weighted by Gasteiger charge is 2.21. The first kappa shape index (κ1) is 21.1. The van der Waals surface area contributed by atoms with Crippen molar-refractivity contribution in [2.24, 2.45) is 0 Å². The van der Waals surface area contributed by atoms with Crippen LogP contribution in [0.25, 0.3) is 11.4 Å². The Morgan fingerprint density at radius 3 is 2.48 bits per heavy atom. The standard InChI is InChI=1S/C18H24ClN5O2S/c1-5-23(10-14(25)20-18(2,3)4)15(26)11-24-16(21-22-17(24)27)12-6-8-13(19)9-7-12/h6-9H,5,10-11H2,1-4H3,(H,20,25)(H,22,27). The molecule has 2 aromatic rings. The lowest BCUT2D eigenvalue weighted by atomic mass is 10.1. The SMILES string of the molecule is CCN(CC(=O)NC(C)(C)C)C(=O)Cn1c(-c2ccc(Cl)cc2)n[nH]c1=S. The van der Waals surface area contributed by atoms with E-state index in [0.29, 0.717) is 22.2 Å². The summed E-state index contributed by atoms with van der Waals surface area (Å²) in [7, 11) is 0. The van der Waals surface area contributed by atoms with E-state index in [-0.39, 0.29) is 30.4 Å². The molecule has 2 amide bonds. The van der Waals surface area contributed by atoms with E-state index in [1.54, 1.807) is 16.7 Å². The minimum atomic E-state index is -0.353. The maximum absolute atomic E-state index is 12.7. The van der Waals surface area contributed by atoms with Crippen LogP contribution < -0.4 is 5.32 Å². The van der Waals surface area contributed by atoms with Gasteiger partial charge in [-0.2, -0.15) is 5.10 Å². The van der Waals surface area contributed by atoms with E-state index < -0.39 is 0 Å². The number of carbonyl (C=O) groups is 2. The van der Waals surface area contributed by atoms with Crippen LogP contribution in [-0.4, -0.2) is 50.1 Å². The van der Waals surface area contributed by atoms with E-state index in [9.17, 15) is 9.59 Å². The van der Waals surface area contributed by atoms with E-state index in [2.05, 4.69) is 15.5 Å². The minimum Gasteiger partial charge on any atom is -0.350 e. The van der Waals surface area contributed by atoms with Gasteiger partial charge in [-0.1, -0.05) is 11.6 Å². The summed E-state index contributed by atoms with van der Waals surface area (Å²) < 4.78 is 1.95. The summed E-state index contributed by atoms with van der Waals surface area (Å²) in [5.74, 6) is 0.126. The third kappa shape index (κ3) is 5.90. The Labute approximate surface area is 168 Å². The average molecular weight is 410 g/mol. The van der Waals surface area contributed by atoms with Gasteiger partial charge in [0, 0.05) is 22.7 Å². The molecule has 0 atom stereocenters. The van der Waals surface area contributed by atoms with E-state index in [4.69, 9.17) is 23.8 Å². The predicted octanol–water partition coefficient (Wildman–Crippen LogP) is 3.02. The van der Waals surface area contributed by atoms with Crippen molar-refractivity contribution in [2.45, 2.75) is 39.8 Å². The number of amides is 2. The lowest BCUT2D eigenvalue weighted by Crippen LogP contribution is -2.47. The summed E-state index contributed by atoms with van der Waals surface area (Å²) in [5, 5.41) is 10.4. The zero-order chi connectivity index (χ0) is 20.2. The van der Waals surface area contributed by atoms with Gasteiger partial charge in [0.15, 0.2) is 10.6 Å². The molecule has 9 heteroatoms. The van der Waals surface area contributed by atoms with Crippen molar-refractivity contribution in [3.8, 4) is 11.4 Å². The van der Waals surface area contributed by atoms with Gasteiger partial charge >= 0.3 is 0 Å². The zero-order valence-electron chi connectivity index (χ0n) is 15.9. The third-order valence-electron chi connectivity index (χ3n) is 3.74. The van der Waals surface area contributed by atoms with E-state index in [1.807, 2.05) is 39.8 Å². The number of rotatable bonds is 6. The summed E-state index contributed by atoms with van der Waals surface area (Å²) in [5.41, 5.74) is 0.432. The summed E-state index contributed by atoms with van der Waals surface area (Å²) in [6, 6.07) is 7.11. The Morgan fingerprint density at radius 2 is 1.93 bits per heavy atom. The van der Waals surface area contributed by atoms with E-state index in [1.165, 1.54) is 4.90 Å². The van der Waals surface area contributed by atoms with Crippen molar-refractivity contribution in [2.75, 3.05) is 13.1 Å². The molecule has 0 radical (unpaired) electrons. The second kappa shape index (κ2) is 8.67. The monoisotopic (exact) mass is 409 g/mol. The molecule has 0 aliphatic heterocycles. The van der Waals surface area contributed by atoms with Gasteiger partial charge in [-0.15, -0.1) is 0 Å². The number of nitrogens with zero attached hydrogens (tertiary/aromatic N) is 3. The molecule has 1 aromatic carbocycles. The molecule has 2 N–H and O–H groups in total. The maximum atomic E-state index is 12.7. The summed E-state index contributed by atoms with van der Waals surface area (Å²) >= 11 is 11.2. The zero-order valence-corrected chi connectivity index (χ0v) is 17.4. The second-order valence-corrected chi connectivity index (χ2v) is 7.97. The highest BCUT2D eigenvalue weighted by atomic mass is 35.5. The first-order valence-corrected chi connectivity index (χ1v) is 9.39. The van der Waals surface area contributed by atoms with Crippen LogP contribution in [-0.2, 0) is 16.1 Å². The van der Waals surface area contributed by atoms with Crippen LogP contribution in [0.1, 0.15) is 27.7 Å². The van der Waals surface area contributed by atoms with Crippen LogP contribution in [0.3, 0.4) is 0 Å². The lowest BCUT2D eigenvalue weighted by molar-refractivity contribution is -0.136. The maximum Gasteiger partial charge on any atom is 0.243 e. The largest absolute Gasteiger partial charge is 0.350 e. The van der Waals surface area contributed by atoms with Gasteiger partial charge in [-0.05, 0) is 64.2 Å². The summed E-state index contributed by atoms with van der Waals surface area (Å²) in [6.07, 6.45) is 0. The first-order valence-electron chi connectivity index (χ1n) is 8.60. The van der Waals surface area contributed by atoms with Crippen molar-refractivity contribution in [1.82, 2.24) is 25.0 Å². The van der Waals surface area contributed by atoms with Crippen molar-refractivity contribution in [3.05, 3.63) is 34.1 Å². The third-order valence-corrected chi connectivity index (χ3v) is 4.30. The smallest absolute Gasteiger partial charge is 0.243 e. The van der Waals surface area contributed by atoms with Gasteiger partial charge in [0.05, 0.1) is 6.54 Å². The number of nitrogens with one attached hydrogen (secondary N) is 2. The van der Waals surface area contributed by atoms with Crippen molar-refractivity contribution in [1.29, 1.82) is 0 Å². The average Bonchev–Trinajstić information content (AvgIpc) is 2.92. The van der Waals surface area contributed by atoms with Crippen LogP contribution >= 0.6 is 23.8 Å². The number of carbonyl (C=O) groups excluding carboxylic acids is 2. The molecule has 27 heavy (non-hydrogen) atoms. The summed E-state index contributed by atoms with van der Waals surface area (Å²) in [6.45, 7) is 7.91. The Kier molecular flexibility index (Phi) is 6.78. The number of H-pyrrole nitrogens is 1. The fourth-order valence-electron chi connectivity index (χ4n) is 2.53. The molecule has 146 valence electrons. The van der Waals surface area contributed by atoms with Crippen LogP contribution in [0, 0.1) is 4.77 Å². The minimum absolute atomic E-state index is 0.00590. The highest BCUT2D eigenvalue weighted by Crippen LogP contribution is 2.20. The van der Waals surface area contributed by atoms with Crippen molar-refractivity contribution >= 4 is 35.6 Å². The number of benzene rings is 1. The van der Waals surface area contributed by atoms with Crippen LogP contribution in [0.2, 0.25) is 5.02 Å². The molecule has 2 rings (SSSR count). The second-order valence-electron chi connectivity index (χ2n) is 7.15. The molecule has 0 unspecified atom stereocenters. The Balaban J connectivity index is 2.17. The molecule has 0 spiro atoms. The molecule has 0 aliphatic carbocycles. The molecule has 1 heterocycles. The van der Waals surface area contributed by atoms with Crippen molar-refractivity contribution in [3.63, 3.8) is 0 Å². The van der Waals surface area contributed by atoms with Gasteiger partial charge in [0.1, 0.15) is 6.54 Å². The van der Waals surface area contributed by atoms with E-state index >= 15 is 0 Å². The van der Waals surface area contributed by atoms with Gasteiger partial charge < -0.3 is 10.2 Å². The Bertz CT molecular complexity index is 867. The normalized spacial score (nSPS) is 11.3. The van der Waals surface area contributed by atoms with Gasteiger partial charge in [0.25, 0.3) is 0 Å². The number of hydrogen-bond donors (Lipinski definition) is 2. The Morgan fingerprint density at radius 1 is 1.30 bits per heavy atom. The molecule has 0 fully saturated rings. The molecule has 7 nitrogen and oxygen atoms in total. The molecule has 0 saturated carbocycles. The molecule has 1 aromatic heterocycles. The number of aromatic nitrogens is 3. The number of hydrogen-bond acceptors (Lipinski definition) is 4. The quantitative estimate of drug-likeness (QED) is 0.718. The number of aromatic amines is 1. The number of likely N-dealkylation sites (N-methyl/N-ethyl adjacent to an activating group) is 1. The fourth-order valence-corrected chi connectivity index (χ4v) is 2.85. The summed E-state index contributed by atoms with van der Waals surface area (Å²) in [4.78, 5) is 26.4. The van der Waals surface area contributed by atoms with Crippen molar-refractivity contribution < 1.29 is 9.59 Å². The first-order chi connectivity index (χ1) is 12.6. The van der Waals surface area contributed by atoms with Crippen LogP contribution in [0.15, 0.2) is 24.3 Å².